The normalized spacial score (nSPS) is 31.9. The number of nitrogens with one attached hydrogen (secondary N) is 1. The summed E-state index contributed by atoms with van der Waals surface area (Å²) in [6.45, 7) is 48.4. The summed E-state index contributed by atoms with van der Waals surface area (Å²) in [6, 6.07) is 12.0. The Morgan fingerprint density at radius 1 is 0.629 bits per heavy atom. The van der Waals surface area contributed by atoms with Crippen LogP contribution in [0.2, 0.25) is 36.3 Å². The van der Waals surface area contributed by atoms with Crippen molar-refractivity contribution in [3.05, 3.63) is 117 Å². The molecule has 0 amide bonds. The second-order valence-corrected chi connectivity index (χ2v) is 44.7. The topological polar surface area (TPSA) is 126 Å². The third-order valence-electron chi connectivity index (χ3n) is 23.7. The first kappa shape index (κ1) is 75.6. The van der Waals surface area contributed by atoms with E-state index in [1.165, 1.54) is 63.4 Å². The molecule has 5 saturated carbocycles. The molecule has 8 aliphatic carbocycles. The van der Waals surface area contributed by atoms with Gasteiger partial charge in [-0.25, -0.2) is 4.83 Å². The van der Waals surface area contributed by atoms with E-state index in [4.69, 9.17) is 8.85 Å². The Hall–Kier alpha value is -2.45. The summed E-state index contributed by atoms with van der Waals surface area (Å²) in [5, 5.41) is 15.3. The van der Waals surface area contributed by atoms with E-state index in [1.54, 1.807) is 49.9 Å². The quantitative estimate of drug-likeness (QED) is 0.135. The number of fused-ring (bicyclic) bond motifs is 10. The second-order valence-electron chi connectivity index (χ2n) is 32.7. The number of aryl methyl sites for hydroxylation is 3. The largest absolute Gasteiger partial charge is 1.00 e. The van der Waals surface area contributed by atoms with Gasteiger partial charge in [0, 0.05) is 52.6 Å². The van der Waals surface area contributed by atoms with Gasteiger partial charge in [0.25, 0.3) is 10.0 Å². The third kappa shape index (κ3) is 16.6. The van der Waals surface area contributed by atoms with Crippen molar-refractivity contribution in [3.63, 3.8) is 0 Å². The van der Waals surface area contributed by atoms with Crippen molar-refractivity contribution >= 4 is 53.9 Å². The minimum atomic E-state index is -3.72. The Morgan fingerprint density at radius 3 is 1.49 bits per heavy atom. The summed E-state index contributed by atoms with van der Waals surface area (Å²) >= 11 is 3.25. The van der Waals surface area contributed by atoms with E-state index in [0.29, 0.717) is 45.7 Å². The van der Waals surface area contributed by atoms with Crippen molar-refractivity contribution in [2.24, 2.45) is 62.3 Å². The fourth-order valence-corrected chi connectivity index (χ4v) is 21.6. The molecule has 89 heavy (non-hydrogen) atoms. The molecule has 8 aliphatic rings. The Balaban J connectivity index is 0.000000234. The molecule has 0 bridgehead atoms. The van der Waals surface area contributed by atoms with Crippen LogP contribution < -0.4 is 28.8 Å². The number of sulfonamides is 1. The van der Waals surface area contributed by atoms with Gasteiger partial charge in [0.2, 0.25) is 0 Å². The van der Waals surface area contributed by atoms with Crippen molar-refractivity contribution in [2.45, 2.75) is 280 Å². The van der Waals surface area contributed by atoms with Crippen molar-refractivity contribution in [3.8, 4) is 0 Å². The molecule has 1 aromatic carbocycles. The molecular weight excluding hydrogens is 1210 g/mol. The SMILES string of the molecule is Brc1cccnc1.CC.CC(C)(C)[O-].CC(C)(C)[Si](C)(C)O[C@H]1CC[C@@]2(C)C(=CCC3C2CC[C@]2(C)C(c4cccnc4)=CCC32)C1.Cc1cc(C)c(S(=O)(=O)N/N=C2\CCC3C4CC=C5C[C@@H](O[Si](C)(C)C(C)(C)C)CC[C@]5(C)C4CC[C@]23C)c(C)c1.[Li+]. The van der Waals surface area contributed by atoms with Crippen LogP contribution in [0.5, 0.6) is 0 Å². The number of halogens is 1. The monoisotopic (exact) mass is 1330 g/mol. The van der Waals surface area contributed by atoms with Crippen molar-refractivity contribution in [1.29, 1.82) is 0 Å². The molecule has 0 saturated heterocycles. The Kier molecular flexibility index (Phi) is 24.5. The standard InChI is InChI=1S/C34H54N2O3SSi.C30H45NOSi.C5H4BrN.C4H9O.C2H6.Li/c1-22-19-23(2)31(24(3)20-22)40(37,38)36-35-30-14-13-28-27-12-11-25-21-26(39-41(9,10)32(4,5)6)15-17-33(25,7)29(27)16-18-34(28,30)8;1-28(2,3)33(6,7)32-23-14-16-29(4)22(19-23)10-11-24-26-13-12-25(21-9-8-18-31-20-21)30(26,5)17-15-27(24)29;6-5-2-1-3-7-4-5;1-4(2,3)5;1-2;/h11,19-20,26-29,36H,12-18,21H2,1-10H3;8-10,12,18,20,23-24,26-27H,11,13-17,19H2,1-7H3;1-4H;1-3H3;1-2H3;/q;;;-1;;+1/b35-30+;;;;;/t26-,27?,28?,29?,33-,34-;23-,24?,26?,27?,29-,30+;;;;/m00..../s1. The molecule has 490 valence electrons. The van der Waals surface area contributed by atoms with Gasteiger partial charge >= 0.3 is 18.9 Å². The third-order valence-corrected chi connectivity index (χ3v) is 34.8. The maximum atomic E-state index is 13.4. The van der Waals surface area contributed by atoms with Crippen LogP contribution in [0, 0.1) is 77.9 Å². The predicted molar refractivity (Wildman–Crippen MR) is 377 cm³/mol. The van der Waals surface area contributed by atoms with E-state index < -0.39 is 32.3 Å². The molecule has 2 heterocycles. The maximum absolute atomic E-state index is 13.4. The van der Waals surface area contributed by atoms with Crippen LogP contribution in [-0.2, 0) is 18.9 Å². The molecule has 11 rings (SSSR count). The number of nitrogens with zero attached hydrogens (tertiary/aromatic N) is 3. The Labute approximate surface area is 565 Å². The summed E-state index contributed by atoms with van der Waals surface area (Å²) < 4.78 is 41.6. The summed E-state index contributed by atoms with van der Waals surface area (Å²) in [5.74, 6) is 4.34. The van der Waals surface area contributed by atoms with Crippen molar-refractivity contribution in [2.75, 3.05) is 0 Å². The van der Waals surface area contributed by atoms with E-state index in [-0.39, 0.29) is 39.8 Å². The molecule has 3 aromatic rings. The Morgan fingerprint density at radius 2 is 1.07 bits per heavy atom. The van der Waals surface area contributed by atoms with Crippen LogP contribution in [0.25, 0.3) is 5.57 Å². The van der Waals surface area contributed by atoms with Crippen LogP contribution in [0.3, 0.4) is 0 Å². The van der Waals surface area contributed by atoms with Gasteiger partial charge < -0.3 is 14.0 Å². The molecule has 1 N–H and O–H groups in total. The van der Waals surface area contributed by atoms with E-state index >= 15 is 0 Å². The summed E-state index contributed by atoms with van der Waals surface area (Å²) in [6.07, 6.45) is 33.9. The molecule has 6 unspecified atom stereocenters. The van der Waals surface area contributed by atoms with E-state index in [1.807, 2.05) is 65.1 Å². The number of rotatable bonds is 8. The number of hydrogen-bond acceptors (Lipinski definition) is 8. The first-order valence-corrected chi connectivity index (χ1v) is 42.1. The molecule has 12 atom stereocenters. The molecule has 0 spiro atoms. The van der Waals surface area contributed by atoms with Crippen molar-refractivity contribution < 1.29 is 41.2 Å². The molecule has 5 fully saturated rings. The molecule has 2 aromatic heterocycles. The van der Waals surface area contributed by atoms with Gasteiger partial charge in [0.05, 0.1) is 4.90 Å². The molecule has 0 radical (unpaired) electrons. The van der Waals surface area contributed by atoms with Gasteiger partial charge in [-0.15, -0.1) is 5.60 Å². The van der Waals surface area contributed by atoms with Gasteiger partial charge in [-0.2, -0.15) is 13.5 Å². The summed E-state index contributed by atoms with van der Waals surface area (Å²) in [7, 11) is -7.22. The van der Waals surface area contributed by atoms with Crippen LogP contribution in [0.1, 0.15) is 222 Å². The zero-order valence-electron chi connectivity index (χ0n) is 59.9. The summed E-state index contributed by atoms with van der Waals surface area (Å²) in [5.41, 5.74) is 10.2. The van der Waals surface area contributed by atoms with Gasteiger partial charge in [0.1, 0.15) is 0 Å². The Bertz CT molecular complexity index is 3100. The van der Waals surface area contributed by atoms with Gasteiger partial charge in [0.15, 0.2) is 16.6 Å². The van der Waals surface area contributed by atoms with Crippen LogP contribution in [0.15, 0.2) is 105 Å². The zero-order valence-corrected chi connectivity index (χ0v) is 64.3. The number of aromatic nitrogens is 2. The summed E-state index contributed by atoms with van der Waals surface area (Å²) in [4.78, 5) is 11.3. The van der Waals surface area contributed by atoms with Crippen molar-refractivity contribution in [1.82, 2.24) is 14.8 Å². The van der Waals surface area contributed by atoms with Crippen LogP contribution in [-0.4, -0.2) is 58.5 Å². The number of benzene rings is 1. The van der Waals surface area contributed by atoms with E-state index in [2.05, 4.69) is 168 Å². The van der Waals surface area contributed by atoms with Crippen LogP contribution >= 0.6 is 15.9 Å². The van der Waals surface area contributed by atoms with E-state index in [9.17, 15) is 13.5 Å². The first-order valence-electron chi connectivity index (χ1n) is 34.0. The molecule has 9 nitrogen and oxygen atoms in total. The van der Waals surface area contributed by atoms with Gasteiger partial charge in [-0.05, 0) is 261 Å². The average molecular weight is 1330 g/mol. The fraction of sp³-hybridized carbons (Fsp3) is 0.693. The minimum absolute atomic E-state index is 0. The first-order chi connectivity index (χ1) is 40.7. The van der Waals surface area contributed by atoms with Gasteiger partial charge in [-0.3, -0.25) is 9.97 Å². The second kappa shape index (κ2) is 28.9. The van der Waals surface area contributed by atoms with Crippen LogP contribution in [0.4, 0.5) is 0 Å². The number of hydrogen-bond donors (Lipinski definition) is 1. The van der Waals surface area contributed by atoms with E-state index in [0.717, 1.165) is 83.2 Å². The maximum Gasteiger partial charge on any atom is 1.00 e. The number of hydrazone groups is 1. The predicted octanol–water partition coefficient (Wildman–Crippen LogP) is 17.0. The smallest absolute Gasteiger partial charge is 0.850 e. The minimum Gasteiger partial charge on any atom is -0.850 e. The molecule has 0 aliphatic heterocycles. The van der Waals surface area contributed by atoms with Gasteiger partial charge in [-0.1, -0.05) is 157 Å². The molecule has 14 heteroatoms. The number of allylic oxidation sites excluding steroid dienone is 4. The fourth-order valence-electron chi connectivity index (χ4n) is 17.2. The number of pyridine rings is 2. The zero-order chi connectivity index (χ0) is 65.4. The average Bonchev–Trinajstić information content (AvgIpc) is 1.81. The molecular formula is C75H118BrLiN4O5SSi2.